The number of ether oxygens (including phenoxy) is 1. The fourth-order valence-electron chi connectivity index (χ4n) is 1.56. The van der Waals surface area contributed by atoms with E-state index >= 15 is 0 Å². The number of nitrogens with two attached hydrogens (primary N) is 1. The number of carbonyl (C=O) groups is 1. The van der Waals surface area contributed by atoms with Crippen molar-refractivity contribution in [2.24, 2.45) is 11.1 Å². The molecule has 0 aromatic rings. The Morgan fingerprint density at radius 1 is 1.47 bits per heavy atom. The third-order valence-electron chi connectivity index (χ3n) is 2.96. The van der Waals surface area contributed by atoms with Gasteiger partial charge in [-0.2, -0.15) is 0 Å². The molecular weight excluding hydrogens is 192 g/mol. The minimum absolute atomic E-state index is 0.0878. The summed E-state index contributed by atoms with van der Waals surface area (Å²) in [5.41, 5.74) is 5.08. The van der Waals surface area contributed by atoms with E-state index < -0.39 is 5.54 Å². The molecule has 0 aromatic carbocycles. The Kier molecular flexibility index (Phi) is 3.73. The van der Waals surface area contributed by atoms with E-state index in [1.54, 1.807) is 13.8 Å². The third kappa shape index (κ3) is 3.80. The molecule has 0 atom stereocenters. The van der Waals surface area contributed by atoms with Gasteiger partial charge in [0.25, 0.3) is 0 Å². The van der Waals surface area contributed by atoms with Crippen LogP contribution < -0.4 is 11.1 Å². The molecule has 1 heterocycles. The van der Waals surface area contributed by atoms with Gasteiger partial charge >= 0.3 is 0 Å². The molecule has 1 rings (SSSR count). The normalized spacial score (nSPS) is 21.1. The number of amides is 1. The van der Waals surface area contributed by atoms with E-state index in [1.165, 1.54) is 0 Å². The lowest BCUT2D eigenvalue weighted by atomic mass is 9.82. The zero-order valence-electron chi connectivity index (χ0n) is 9.93. The van der Waals surface area contributed by atoms with E-state index in [1.807, 2.05) is 0 Å². The summed E-state index contributed by atoms with van der Waals surface area (Å²) in [6, 6.07) is 0. The number of carbonyl (C=O) groups excluding carboxylic acids is 1. The topological polar surface area (TPSA) is 64.4 Å². The molecule has 3 N–H and O–H groups in total. The Bertz CT molecular complexity index is 227. The lowest BCUT2D eigenvalue weighted by molar-refractivity contribution is -0.126. The van der Waals surface area contributed by atoms with Gasteiger partial charge in [-0.15, -0.1) is 0 Å². The first kappa shape index (κ1) is 12.5. The van der Waals surface area contributed by atoms with Crippen molar-refractivity contribution >= 4 is 5.91 Å². The first-order valence-corrected chi connectivity index (χ1v) is 5.48. The molecule has 0 aromatic heterocycles. The summed E-state index contributed by atoms with van der Waals surface area (Å²) < 4.78 is 5.30. The molecule has 1 fully saturated rings. The maximum absolute atomic E-state index is 11.6. The largest absolute Gasteiger partial charge is 0.381 e. The average molecular weight is 214 g/mol. The second-order valence-electron chi connectivity index (χ2n) is 5.33. The van der Waals surface area contributed by atoms with Crippen LogP contribution in [-0.2, 0) is 9.53 Å². The Morgan fingerprint density at radius 3 is 2.47 bits per heavy atom. The highest BCUT2D eigenvalue weighted by Crippen LogP contribution is 2.28. The Hall–Kier alpha value is -0.610. The maximum atomic E-state index is 11.6. The van der Waals surface area contributed by atoms with E-state index in [0.717, 1.165) is 26.1 Å². The van der Waals surface area contributed by atoms with Gasteiger partial charge in [0.05, 0.1) is 5.54 Å². The molecule has 15 heavy (non-hydrogen) atoms. The minimum atomic E-state index is -0.790. The molecule has 0 spiro atoms. The lowest BCUT2D eigenvalue weighted by Crippen LogP contribution is -2.51. The molecule has 0 bridgehead atoms. The van der Waals surface area contributed by atoms with Crippen LogP contribution in [0.1, 0.15) is 33.6 Å². The standard InChI is InChI=1S/C11H22N2O2/c1-10(2,12)9(14)13-8-11(3)4-6-15-7-5-11/h4-8,12H2,1-3H3,(H,13,14). The Morgan fingerprint density at radius 2 is 2.00 bits per heavy atom. The van der Waals surface area contributed by atoms with Crippen LogP contribution in [0.15, 0.2) is 0 Å². The third-order valence-corrected chi connectivity index (χ3v) is 2.96. The summed E-state index contributed by atoms with van der Waals surface area (Å²) in [6.07, 6.45) is 2.00. The van der Waals surface area contributed by atoms with Gasteiger partial charge in [0, 0.05) is 19.8 Å². The van der Waals surface area contributed by atoms with Gasteiger partial charge in [0.1, 0.15) is 0 Å². The zero-order chi connectivity index (χ0) is 11.5. The molecule has 0 saturated carbocycles. The van der Waals surface area contributed by atoms with E-state index in [0.29, 0.717) is 6.54 Å². The predicted octanol–water partition coefficient (Wildman–Crippen LogP) is 0.657. The summed E-state index contributed by atoms with van der Waals surface area (Å²) in [5.74, 6) is -0.0878. The smallest absolute Gasteiger partial charge is 0.239 e. The fraction of sp³-hybridized carbons (Fsp3) is 0.909. The first-order valence-electron chi connectivity index (χ1n) is 5.48. The van der Waals surface area contributed by atoms with Crippen LogP contribution in [0.4, 0.5) is 0 Å². The van der Waals surface area contributed by atoms with Gasteiger partial charge < -0.3 is 15.8 Å². The molecule has 4 heteroatoms. The average Bonchev–Trinajstić information content (AvgIpc) is 2.14. The first-order chi connectivity index (χ1) is 6.83. The predicted molar refractivity (Wildman–Crippen MR) is 59.4 cm³/mol. The van der Waals surface area contributed by atoms with Crippen molar-refractivity contribution in [2.45, 2.75) is 39.2 Å². The molecule has 1 saturated heterocycles. The summed E-state index contributed by atoms with van der Waals surface area (Å²) in [4.78, 5) is 11.6. The number of nitrogens with one attached hydrogen (secondary N) is 1. The second-order valence-corrected chi connectivity index (χ2v) is 5.33. The quantitative estimate of drug-likeness (QED) is 0.725. The monoisotopic (exact) mass is 214 g/mol. The van der Waals surface area contributed by atoms with Gasteiger partial charge in [0.15, 0.2) is 0 Å². The van der Waals surface area contributed by atoms with Crippen LogP contribution in [0, 0.1) is 5.41 Å². The Labute approximate surface area is 91.5 Å². The van der Waals surface area contributed by atoms with Gasteiger partial charge in [-0.25, -0.2) is 0 Å². The van der Waals surface area contributed by atoms with Crippen LogP contribution in [0.3, 0.4) is 0 Å². The van der Waals surface area contributed by atoms with Crippen LogP contribution in [0.25, 0.3) is 0 Å². The molecule has 0 aliphatic carbocycles. The van der Waals surface area contributed by atoms with E-state index in [2.05, 4.69) is 12.2 Å². The maximum Gasteiger partial charge on any atom is 0.239 e. The van der Waals surface area contributed by atoms with Crippen LogP contribution in [0.2, 0.25) is 0 Å². The molecule has 88 valence electrons. The number of rotatable bonds is 3. The van der Waals surface area contributed by atoms with Crippen LogP contribution in [0.5, 0.6) is 0 Å². The highest BCUT2D eigenvalue weighted by molar-refractivity contribution is 5.85. The SMILES string of the molecule is CC1(CNC(=O)C(C)(C)N)CCOCC1. The molecule has 1 amide bonds. The number of hydrogen-bond acceptors (Lipinski definition) is 3. The minimum Gasteiger partial charge on any atom is -0.381 e. The lowest BCUT2D eigenvalue weighted by Gasteiger charge is -2.34. The molecule has 1 aliphatic heterocycles. The zero-order valence-corrected chi connectivity index (χ0v) is 9.93. The molecular formula is C11H22N2O2. The van der Waals surface area contributed by atoms with Crippen LogP contribution in [-0.4, -0.2) is 31.2 Å². The highest BCUT2D eigenvalue weighted by Gasteiger charge is 2.30. The van der Waals surface area contributed by atoms with Crippen LogP contribution >= 0.6 is 0 Å². The van der Waals surface area contributed by atoms with E-state index in [-0.39, 0.29) is 11.3 Å². The summed E-state index contributed by atoms with van der Waals surface area (Å²) in [6.45, 7) is 7.88. The summed E-state index contributed by atoms with van der Waals surface area (Å²) in [7, 11) is 0. The van der Waals surface area contributed by atoms with Crippen molar-refractivity contribution in [3.63, 3.8) is 0 Å². The van der Waals surface area contributed by atoms with Gasteiger partial charge in [-0.3, -0.25) is 4.79 Å². The van der Waals surface area contributed by atoms with Crippen molar-refractivity contribution in [1.29, 1.82) is 0 Å². The Balaban J connectivity index is 2.38. The molecule has 0 radical (unpaired) electrons. The summed E-state index contributed by atoms with van der Waals surface area (Å²) >= 11 is 0. The fourth-order valence-corrected chi connectivity index (χ4v) is 1.56. The number of hydrogen-bond donors (Lipinski definition) is 2. The van der Waals surface area contributed by atoms with E-state index in [9.17, 15) is 4.79 Å². The van der Waals surface area contributed by atoms with Gasteiger partial charge in [-0.1, -0.05) is 6.92 Å². The van der Waals surface area contributed by atoms with Crippen molar-refractivity contribution in [3.05, 3.63) is 0 Å². The van der Waals surface area contributed by atoms with Crippen molar-refractivity contribution in [3.8, 4) is 0 Å². The van der Waals surface area contributed by atoms with Crippen molar-refractivity contribution in [1.82, 2.24) is 5.32 Å². The highest BCUT2D eigenvalue weighted by atomic mass is 16.5. The summed E-state index contributed by atoms with van der Waals surface area (Å²) in [5, 5.41) is 2.91. The second kappa shape index (κ2) is 4.49. The van der Waals surface area contributed by atoms with Crippen molar-refractivity contribution in [2.75, 3.05) is 19.8 Å². The van der Waals surface area contributed by atoms with Gasteiger partial charge in [-0.05, 0) is 32.1 Å². The van der Waals surface area contributed by atoms with E-state index in [4.69, 9.17) is 10.5 Å². The molecule has 0 unspecified atom stereocenters. The molecule has 1 aliphatic rings. The van der Waals surface area contributed by atoms with Gasteiger partial charge in [0.2, 0.25) is 5.91 Å². The molecule has 4 nitrogen and oxygen atoms in total. The van der Waals surface area contributed by atoms with Crippen molar-refractivity contribution < 1.29 is 9.53 Å².